The number of halogens is 1. The summed E-state index contributed by atoms with van der Waals surface area (Å²) in [6, 6.07) is 5.79. The van der Waals surface area contributed by atoms with E-state index in [2.05, 4.69) is 15.3 Å². The molecule has 120 valence electrons. The van der Waals surface area contributed by atoms with Gasteiger partial charge in [0.15, 0.2) is 0 Å². The Morgan fingerprint density at radius 3 is 3.00 bits per heavy atom. The Kier molecular flexibility index (Phi) is 3.42. The second-order valence-electron chi connectivity index (χ2n) is 5.20. The van der Waals surface area contributed by atoms with E-state index < -0.39 is 5.82 Å². The van der Waals surface area contributed by atoms with Gasteiger partial charge in [0.05, 0.1) is 42.1 Å². The van der Waals surface area contributed by atoms with E-state index in [1.54, 1.807) is 18.5 Å². The highest BCUT2D eigenvalue weighted by atomic mass is 19.1. The van der Waals surface area contributed by atoms with E-state index in [-0.39, 0.29) is 5.91 Å². The number of amides is 1. The molecule has 0 aliphatic carbocycles. The van der Waals surface area contributed by atoms with Gasteiger partial charge >= 0.3 is 0 Å². The molecular weight excluding hydrogens is 313 g/mol. The highest BCUT2D eigenvalue weighted by Gasteiger charge is 2.25. The molecule has 3 aromatic rings. The molecule has 0 saturated heterocycles. The Morgan fingerprint density at radius 2 is 2.17 bits per heavy atom. The van der Waals surface area contributed by atoms with Crippen LogP contribution >= 0.6 is 0 Å². The van der Waals surface area contributed by atoms with E-state index in [1.807, 2.05) is 0 Å². The third-order valence-electron chi connectivity index (χ3n) is 3.69. The Balaban J connectivity index is 1.71. The van der Waals surface area contributed by atoms with Crippen molar-refractivity contribution in [3.05, 3.63) is 60.4 Å². The Labute approximate surface area is 136 Å². The average Bonchev–Trinajstić information content (AvgIpc) is 3.15. The molecule has 0 unspecified atom stereocenters. The van der Waals surface area contributed by atoms with Crippen molar-refractivity contribution in [2.24, 2.45) is 0 Å². The van der Waals surface area contributed by atoms with Gasteiger partial charge in [-0.3, -0.25) is 9.78 Å². The van der Waals surface area contributed by atoms with Gasteiger partial charge in [-0.25, -0.2) is 9.07 Å². The van der Waals surface area contributed by atoms with Crippen LogP contribution in [0, 0.1) is 5.82 Å². The van der Waals surface area contributed by atoms with E-state index >= 15 is 0 Å². The minimum Gasteiger partial charge on any atom is -0.490 e. The van der Waals surface area contributed by atoms with Crippen LogP contribution in [0.1, 0.15) is 10.4 Å². The molecule has 0 atom stereocenters. The molecule has 8 heteroatoms. The van der Waals surface area contributed by atoms with Crippen molar-refractivity contribution in [3.63, 3.8) is 0 Å². The van der Waals surface area contributed by atoms with Gasteiger partial charge in [0, 0.05) is 12.3 Å². The number of nitrogens with zero attached hydrogens (tertiary/aromatic N) is 5. The topological polar surface area (TPSA) is 73.1 Å². The standard InChI is InChI=1S/C16H12FN5O2/c17-12-1-2-15-14(8-12)21(5-6-24-15)16(23)11-7-13(10-18-9-11)22-4-3-19-20-22/h1-4,7-10H,5-6H2. The number of carbonyl (C=O) groups excluding carboxylic acids is 1. The molecule has 0 bridgehead atoms. The number of benzene rings is 1. The molecule has 0 N–H and O–H groups in total. The van der Waals surface area contributed by atoms with Crippen LogP contribution in [0.2, 0.25) is 0 Å². The van der Waals surface area contributed by atoms with Crippen molar-refractivity contribution in [3.8, 4) is 11.4 Å². The monoisotopic (exact) mass is 325 g/mol. The summed E-state index contributed by atoms with van der Waals surface area (Å²) < 4.78 is 20.5. The predicted molar refractivity (Wildman–Crippen MR) is 82.7 cm³/mol. The van der Waals surface area contributed by atoms with E-state index in [1.165, 1.54) is 40.2 Å². The van der Waals surface area contributed by atoms with E-state index in [4.69, 9.17) is 4.74 Å². The number of ether oxygens (including phenoxy) is 1. The van der Waals surface area contributed by atoms with Crippen LogP contribution in [-0.4, -0.2) is 39.0 Å². The zero-order valence-electron chi connectivity index (χ0n) is 12.5. The van der Waals surface area contributed by atoms with Crippen LogP contribution in [0.5, 0.6) is 5.75 Å². The van der Waals surface area contributed by atoms with E-state index in [0.29, 0.717) is 35.8 Å². The second kappa shape index (κ2) is 5.73. The first-order chi connectivity index (χ1) is 11.7. The van der Waals surface area contributed by atoms with Crippen LogP contribution in [0.25, 0.3) is 5.69 Å². The van der Waals surface area contributed by atoms with Gasteiger partial charge in [-0.05, 0) is 18.2 Å². The van der Waals surface area contributed by atoms with Gasteiger partial charge in [-0.15, -0.1) is 5.10 Å². The molecule has 1 aromatic carbocycles. The SMILES string of the molecule is O=C(c1cncc(-n2ccnn2)c1)N1CCOc2ccc(F)cc21. The van der Waals surface area contributed by atoms with Crippen LogP contribution in [0.3, 0.4) is 0 Å². The van der Waals surface area contributed by atoms with Gasteiger partial charge in [-0.2, -0.15) is 0 Å². The minimum absolute atomic E-state index is 0.278. The quantitative estimate of drug-likeness (QED) is 0.719. The molecule has 24 heavy (non-hydrogen) atoms. The molecule has 2 aromatic heterocycles. The fourth-order valence-corrected chi connectivity index (χ4v) is 2.57. The first-order valence-corrected chi connectivity index (χ1v) is 7.28. The van der Waals surface area contributed by atoms with Crippen LogP contribution in [-0.2, 0) is 0 Å². The summed E-state index contributed by atoms with van der Waals surface area (Å²) in [7, 11) is 0. The molecule has 0 radical (unpaired) electrons. The van der Waals surface area contributed by atoms with Crippen molar-refractivity contribution in [2.45, 2.75) is 0 Å². The summed E-state index contributed by atoms with van der Waals surface area (Å²) >= 11 is 0. The summed E-state index contributed by atoms with van der Waals surface area (Å²) in [5.41, 5.74) is 1.41. The van der Waals surface area contributed by atoms with Crippen LogP contribution < -0.4 is 9.64 Å². The number of anilines is 1. The molecule has 3 heterocycles. The lowest BCUT2D eigenvalue weighted by Gasteiger charge is -2.29. The number of rotatable bonds is 2. The largest absolute Gasteiger partial charge is 0.490 e. The minimum atomic E-state index is -0.424. The maximum absolute atomic E-state index is 13.6. The van der Waals surface area contributed by atoms with Crippen molar-refractivity contribution in [1.82, 2.24) is 20.0 Å². The molecule has 1 aliphatic rings. The molecule has 1 amide bonds. The zero-order valence-corrected chi connectivity index (χ0v) is 12.5. The normalized spacial score (nSPS) is 13.3. The molecule has 0 spiro atoms. The molecular formula is C16H12FN5O2. The highest BCUT2D eigenvalue weighted by Crippen LogP contribution is 2.33. The van der Waals surface area contributed by atoms with Crippen molar-refractivity contribution in [2.75, 3.05) is 18.1 Å². The third kappa shape index (κ3) is 2.47. The summed E-state index contributed by atoms with van der Waals surface area (Å²) in [5.74, 6) is -0.220. The van der Waals surface area contributed by atoms with Crippen molar-refractivity contribution in [1.29, 1.82) is 0 Å². The second-order valence-corrected chi connectivity index (χ2v) is 5.20. The number of fused-ring (bicyclic) bond motifs is 1. The lowest BCUT2D eigenvalue weighted by molar-refractivity contribution is 0.0976. The fraction of sp³-hybridized carbons (Fsp3) is 0.125. The first-order valence-electron chi connectivity index (χ1n) is 7.28. The van der Waals surface area contributed by atoms with E-state index in [0.717, 1.165) is 0 Å². The number of aromatic nitrogens is 4. The smallest absolute Gasteiger partial charge is 0.260 e. The highest BCUT2D eigenvalue weighted by molar-refractivity contribution is 6.07. The van der Waals surface area contributed by atoms with Gasteiger partial charge < -0.3 is 9.64 Å². The average molecular weight is 325 g/mol. The summed E-state index contributed by atoms with van der Waals surface area (Å²) in [6.45, 7) is 0.684. The number of hydrogen-bond donors (Lipinski definition) is 0. The lowest BCUT2D eigenvalue weighted by atomic mass is 10.1. The first kappa shape index (κ1) is 14.3. The predicted octanol–water partition coefficient (Wildman–Crippen LogP) is 1.84. The maximum atomic E-state index is 13.6. The number of hydrogen-bond acceptors (Lipinski definition) is 5. The lowest BCUT2D eigenvalue weighted by Crippen LogP contribution is -2.38. The van der Waals surface area contributed by atoms with Gasteiger partial charge in [0.1, 0.15) is 18.2 Å². The number of carbonyl (C=O) groups is 1. The van der Waals surface area contributed by atoms with Crippen molar-refractivity contribution >= 4 is 11.6 Å². The fourth-order valence-electron chi connectivity index (χ4n) is 2.57. The molecule has 7 nitrogen and oxygen atoms in total. The van der Waals surface area contributed by atoms with E-state index in [9.17, 15) is 9.18 Å². The molecule has 4 rings (SSSR count). The van der Waals surface area contributed by atoms with Gasteiger partial charge in [0.2, 0.25) is 0 Å². The van der Waals surface area contributed by atoms with Gasteiger partial charge in [0.25, 0.3) is 5.91 Å². The van der Waals surface area contributed by atoms with Crippen LogP contribution in [0.4, 0.5) is 10.1 Å². The zero-order chi connectivity index (χ0) is 16.5. The number of pyridine rings is 1. The molecule has 0 fully saturated rings. The van der Waals surface area contributed by atoms with Gasteiger partial charge in [-0.1, -0.05) is 5.21 Å². The summed E-state index contributed by atoms with van der Waals surface area (Å²) in [5, 5.41) is 7.61. The Hall–Kier alpha value is -3.29. The Bertz CT molecular complexity index is 897. The van der Waals surface area contributed by atoms with Crippen LogP contribution in [0.15, 0.2) is 49.1 Å². The third-order valence-corrected chi connectivity index (χ3v) is 3.69. The van der Waals surface area contributed by atoms with Crippen molar-refractivity contribution < 1.29 is 13.9 Å². The summed E-state index contributed by atoms with van der Waals surface area (Å²) in [6.07, 6.45) is 6.25. The Morgan fingerprint density at radius 1 is 1.25 bits per heavy atom. The maximum Gasteiger partial charge on any atom is 0.260 e. The molecule has 1 aliphatic heterocycles. The molecule has 0 saturated carbocycles. The summed E-state index contributed by atoms with van der Waals surface area (Å²) in [4.78, 5) is 18.4.